The summed E-state index contributed by atoms with van der Waals surface area (Å²) in [6, 6.07) is 5.31. The summed E-state index contributed by atoms with van der Waals surface area (Å²) in [5, 5.41) is 10.7. The van der Waals surface area contributed by atoms with Crippen LogP contribution in [-0.4, -0.2) is 34.6 Å². The Morgan fingerprint density at radius 2 is 2.17 bits per heavy atom. The fraction of sp³-hybridized carbons (Fsp3) is 0.500. The van der Waals surface area contributed by atoms with E-state index in [1.54, 1.807) is 17.0 Å². The third-order valence-electron chi connectivity index (χ3n) is 3.39. The highest BCUT2D eigenvalue weighted by atomic mass is 35.5. The molecule has 3 nitrogen and oxygen atoms in total. The Labute approximate surface area is 112 Å². The molecule has 18 heavy (non-hydrogen) atoms. The van der Waals surface area contributed by atoms with Crippen molar-refractivity contribution in [2.75, 3.05) is 13.1 Å². The number of aryl methyl sites for hydroxylation is 1. The van der Waals surface area contributed by atoms with Crippen LogP contribution in [0.5, 0.6) is 0 Å². The number of nitrogens with zero attached hydrogens (tertiary/aromatic N) is 1. The van der Waals surface area contributed by atoms with Gasteiger partial charge in [-0.2, -0.15) is 0 Å². The predicted molar refractivity (Wildman–Crippen MR) is 72.0 cm³/mol. The van der Waals surface area contributed by atoms with E-state index >= 15 is 0 Å². The molecule has 2 rings (SSSR count). The van der Waals surface area contributed by atoms with Gasteiger partial charge in [0.05, 0.1) is 18.7 Å². The Morgan fingerprint density at radius 1 is 1.50 bits per heavy atom. The average molecular weight is 268 g/mol. The normalized spacial score (nSPS) is 17.4. The van der Waals surface area contributed by atoms with Crippen molar-refractivity contribution >= 4 is 17.5 Å². The van der Waals surface area contributed by atoms with Crippen LogP contribution in [0.4, 0.5) is 0 Å². The van der Waals surface area contributed by atoms with Crippen LogP contribution in [0.25, 0.3) is 0 Å². The van der Waals surface area contributed by atoms with Gasteiger partial charge >= 0.3 is 0 Å². The standard InChI is InChI=1S/C14H18ClNO2/c1-3-6-14(18)8-16(9-14)13(17)11-5-4-10(2)12(15)7-11/h4-5,7,18H,3,6,8-9H2,1-2H3. The van der Waals surface area contributed by atoms with Gasteiger partial charge in [0.25, 0.3) is 5.91 Å². The molecule has 0 radical (unpaired) electrons. The highest BCUT2D eigenvalue weighted by Gasteiger charge is 2.42. The number of hydrogen-bond acceptors (Lipinski definition) is 2. The molecule has 1 aliphatic heterocycles. The molecule has 1 heterocycles. The zero-order chi connectivity index (χ0) is 13.3. The lowest BCUT2D eigenvalue weighted by Gasteiger charge is -2.46. The summed E-state index contributed by atoms with van der Waals surface area (Å²) in [5.41, 5.74) is 0.863. The summed E-state index contributed by atoms with van der Waals surface area (Å²) in [7, 11) is 0. The number of aliphatic hydroxyl groups is 1. The molecule has 1 aliphatic rings. The van der Waals surface area contributed by atoms with E-state index in [1.165, 1.54) is 0 Å². The van der Waals surface area contributed by atoms with Gasteiger partial charge in [-0.1, -0.05) is 31.0 Å². The van der Waals surface area contributed by atoms with Crippen molar-refractivity contribution in [1.29, 1.82) is 0 Å². The fourth-order valence-corrected chi connectivity index (χ4v) is 2.52. The molecule has 0 spiro atoms. The summed E-state index contributed by atoms with van der Waals surface area (Å²) in [4.78, 5) is 13.8. The van der Waals surface area contributed by atoms with Crippen LogP contribution in [0.15, 0.2) is 18.2 Å². The van der Waals surface area contributed by atoms with E-state index in [1.807, 2.05) is 19.9 Å². The Bertz CT molecular complexity index is 467. The minimum Gasteiger partial charge on any atom is -0.386 e. The van der Waals surface area contributed by atoms with Crippen LogP contribution in [-0.2, 0) is 0 Å². The van der Waals surface area contributed by atoms with Gasteiger partial charge in [-0.25, -0.2) is 0 Å². The highest BCUT2D eigenvalue weighted by molar-refractivity contribution is 6.31. The van der Waals surface area contributed by atoms with Gasteiger partial charge in [0.15, 0.2) is 0 Å². The summed E-state index contributed by atoms with van der Waals surface area (Å²) in [5.74, 6) is -0.0577. The zero-order valence-corrected chi connectivity index (χ0v) is 11.5. The highest BCUT2D eigenvalue weighted by Crippen LogP contribution is 2.28. The molecule has 0 bridgehead atoms. The summed E-state index contributed by atoms with van der Waals surface area (Å²) >= 11 is 6.01. The van der Waals surface area contributed by atoms with E-state index in [0.717, 1.165) is 18.4 Å². The van der Waals surface area contributed by atoms with E-state index in [9.17, 15) is 9.90 Å². The smallest absolute Gasteiger partial charge is 0.254 e. The molecular weight excluding hydrogens is 250 g/mol. The van der Waals surface area contributed by atoms with E-state index in [-0.39, 0.29) is 5.91 Å². The SMILES string of the molecule is CCCC1(O)CN(C(=O)c2ccc(C)c(Cl)c2)C1. The van der Waals surface area contributed by atoms with Crippen molar-refractivity contribution in [2.24, 2.45) is 0 Å². The van der Waals surface area contributed by atoms with Gasteiger partial charge in [0.2, 0.25) is 0 Å². The molecule has 1 aromatic carbocycles. The van der Waals surface area contributed by atoms with Crippen molar-refractivity contribution in [1.82, 2.24) is 4.90 Å². The van der Waals surface area contributed by atoms with Crippen molar-refractivity contribution in [2.45, 2.75) is 32.3 Å². The maximum atomic E-state index is 12.1. The van der Waals surface area contributed by atoms with Crippen LogP contribution in [0.2, 0.25) is 5.02 Å². The summed E-state index contributed by atoms with van der Waals surface area (Å²) in [6.07, 6.45) is 1.67. The first kappa shape index (κ1) is 13.4. The molecule has 98 valence electrons. The lowest BCUT2D eigenvalue weighted by molar-refractivity contribution is -0.0860. The molecule has 0 aliphatic carbocycles. The maximum absolute atomic E-state index is 12.1. The molecule has 0 unspecified atom stereocenters. The van der Waals surface area contributed by atoms with Crippen LogP contribution in [0.3, 0.4) is 0 Å². The number of benzene rings is 1. The van der Waals surface area contributed by atoms with Gasteiger partial charge < -0.3 is 10.0 Å². The number of hydrogen-bond donors (Lipinski definition) is 1. The van der Waals surface area contributed by atoms with E-state index in [2.05, 4.69) is 0 Å². The second-order valence-corrected chi connectivity index (χ2v) is 5.51. The fourth-order valence-electron chi connectivity index (χ4n) is 2.34. The first-order valence-electron chi connectivity index (χ1n) is 6.23. The number of carbonyl (C=O) groups excluding carboxylic acids is 1. The van der Waals surface area contributed by atoms with Gasteiger partial charge in [-0.15, -0.1) is 0 Å². The van der Waals surface area contributed by atoms with Crippen LogP contribution in [0, 0.1) is 6.92 Å². The number of amides is 1. The van der Waals surface area contributed by atoms with Crippen LogP contribution in [0.1, 0.15) is 35.7 Å². The molecule has 4 heteroatoms. The van der Waals surface area contributed by atoms with Crippen LogP contribution < -0.4 is 0 Å². The minimum atomic E-state index is -0.682. The molecule has 1 amide bonds. The topological polar surface area (TPSA) is 40.5 Å². The second-order valence-electron chi connectivity index (χ2n) is 5.10. The van der Waals surface area contributed by atoms with Crippen molar-refractivity contribution in [3.8, 4) is 0 Å². The Morgan fingerprint density at radius 3 is 2.72 bits per heavy atom. The van der Waals surface area contributed by atoms with Crippen molar-refractivity contribution < 1.29 is 9.90 Å². The molecule has 1 aromatic rings. The Hall–Kier alpha value is -1.06. The van der Waals surface area contributed by atoms with E-state index in [0.29, 0.717) is 23.7 Å². The first-order chi connectivity index (χ1) is 8.45. The lowest BCUT2D eigenvalue weighted by Crippen LogP contribution is -2.63. The van der Waals surface area contributed by atoms with Crippen LogP contribution >= 0.6 is 11.6 Å². The third-order valence-corrected chi connectivity index (χ3v) is 3.80. The third kappa shape index (κ3) is 2.52. The number of halogens is 1. The quantitative estimate of drug-likeness (QED) is 0.915. The summed E-state index contributed by atoms with van der Waals surface area (Å²) < 4.78 is 0. The number of carbonyl (C=O) groups is 1. The number of β-amino-alcohol motifs (C(OH)–C–C–N with tert-alkyl or cyclic N) is 1. The zero-order valence-electron chi connectivity index (χ0n) is 10.7. The Kier molecular flexibility index (Phi) is 3.64. The lowest BCUT2D eigenvalue weighted by atomic mass is 9.88. The van der Waals surface area contributed by atoms with Crippen molar-refractivity contribution in [3.63, 3.8) is 0 Å². The number of rotatable bonds is 3. The van der Waals surface area contributed by atoms with Gasteiger partial charge in [0.1, 0.15) is 0 Å². The molecule has 0 saturated carbocycles. The molecule has 1 saturated heterocycles. The van der Waals surface area contributed by atoms with Gasteiger partial charge in [-0.3, -0.25) is 4.79 Å². The predicted octanol–water partition coefficient (Wildman–Crippen LogP) is 2.64. The van der Waals surface area contributed by atoms with Gasteiger partial charge in [0, 0.05) is 10.6 Å². The molecular formula is C14H18ClNO2. The number of likely N-dealkylation sites (tertiary alicyclic amines) is 1. The molecule has 1 fully saturated rings. The van der Waals surface area contributed by atoms with Crippen molar-refractivity contribution in [3.05, 3.63) is 34.3 Å². The maximum Gasteiger partial charge on any atom is 0.254 e. The van der Waals surface area contributed by atoms with Gasteiger partial charge in [-0.05, 0) is 31.0 Å². The Balaban J connectivity index is 2.03. The minimum absolute atomic E-state index is 0.0577. The largest absolute Gasteiger partial charge is 0.386 e. The first-order valence-corrected chi connectivity index (χ1v) is 6.61. The second kappa shape index (κ2) is 4.90. The molecule has 0 aromatic heterocycles. The summed E-state index contributed by atoms with van der Waals surface area (Å²) in [6.45, 7) is 4.78. The monoisotopic (exact) mass is 267 g/mol. The molecule has 1 N–H and O–H groups in total. The average Bonchev–Trinajstić information content (AvgIpc) is 2.29. The van der Waals surface area contributed by atoms with E-state index < -0.39 is 5.60 Å². The van der Waals surface area contributed by atoms with E-state index in [4.69, 9.17) is 11.6 Å². The molecule has 0 atom stereocenters.